The van der Waals surface area contributed by atoms with E-state index in [1.807, 2.05) is 11.0 Å². The van der Waals surface area contributed by atoms with Crippen LogP contribution in [0, 0.1) is 5.92 Å². The van der Waals surface area contributed by atoms with Crippen LogP contribution in [0.1, 0.15) is 25.7 Å². The van der Waals surface area contributed by atoms with Crippen LogP contribution in [-0.4, -0.2) is 59.8 Å². The molecule has 0 aromatic carbocycles. The molecule has 3 heterocycles. The van der Waals surface area contributed by atoms with Crippen LogP contribution in [0.25, 0.3) is 0 Å². The minimum absolute atomic E-state index is 0.0156. The van der Waals surface area contributed by atoms with E-state index in [0.29, 0.717) is 32.7 Å². The van der Waals surface area contributed by atoms with Gasteiger partial charge in [-0.25, -0.2) is 0 Å². The topological polar surface area (TPSA) is 76.5 Å². The van der Waals surface area contributed by atoms with Crippen LogP contribution in [0.4, 0.5) is 0 Å². The summed E-state index contributed by atoms with van der Waals surface area (Å²) >= 11 is 0. The van der Waals surface area contributed by atoms with Gasteiger partial charge >= 0.3 is 0 Å². The first-order chi connectivity index (χ1) is 11.2. The number of likely N-dealkylation sites (tertiary alicyclic amines) is 1. The summed E-state index contributed by atoms with van der Waals surface area (Å²) in [4.78, 5) is 27.3. The standard InChI is InChI=1S/C16H24N4O3/c1-17-15(22)16(20-9-3-7-18-20)6-2-8-19(12-16)14(21)13-4-10-23-11-5-13/h3,7,9,13H,2,4-6,8,10-12H2,1H3,(H,17,22). The molecule has 2 aliphatic rings. The molecule has 3 rings (SSSR count). The fourth-order valence-corrected chi connectivity index (χ4v) is 3.66. The minimum Gasteiger partial charge on any atom is -0.381 e. The maximum atomic E-state index is 12.8. The third-order valence-corrected chi connectivity index (χ3v) is 4.95. The van der Waals surface area contributed by atoms with E-state index in [-0.39, 0.29) is 17.7 Å². The SMILES string of the molecule is CNC(=O)C1(n2cccn2)CCCN(C(=O)C2CCOCC2)C1. The van der Waals surface area contributed by atoms with Gasteiger partial charge < -0.3 is 15.0 Å². The highest BCUT2D eigenvalue weighted by atomic mass is 16.5. The van der Waals surface area contributed by atoms with Crippen LogP contribution >= 0.6 is 0 Å². The van der Waals surface area contributed by atoms with Crippen molar-refractivity contribution < 1.29 is 14.3 Å². The van der Waals surface area contributed by atoms with Crippen molar-refractivity contribution in [2.75, 3.05) is 33.4 Å². The summed E-state index contributed by atoms with van der Waals surface area (Å²) in [6.45, 7) is 2.37. The number of hydrogen-bond donors (Lipinski definition) is 1. The molecule has 2 amide bonds. The maximum absolute atomic E-state index is 12.8. The van der Waals surface area contributed by atoms with Crippen molar-refractivity contribution in [3.63, 3.8) is 0 Å². The zero-order valence-electron chi connectivity index (χ0n) is 13.5. The molecule has 7 heteroatoms. The van der Waals surface area contributed by atoms with Gasteiger partial charge in [0.15, 0.2) is 5.54 Å². The van der Waals surface area contributed by atoms with E-state index in [1.54, 1.807) is 24.1 Å². The van der Waals surface area contributed by atoms with Gasteiger partial charge in [-0.05, 0) is 31.7 Å². The molecule has 0 bridgehead atoms. The zero-order valence-corrected chi connectivity index (χ0v) is 13.5. The van der Waals surface area contributed by atoms with Crippen molar-refractivity contribution in [2.45, 2.75) is 31.2 Å². The molecule has 2 aliphatic heterocycles. The van der Waals surface area contributed by atoms with E-state index in [2.05, 4.69) is 10.4 Å². The molecule has 1 unspecified atom stereocenters. The Morgan fingerprint density at radius 3 is 2.78 bits per heavy atom. The Labute approximate surface area is 136 Å². The molecule has 0 radical (unpaired) electrons. The van der Waals surface area contributed by atoms with E-state index < -0.39 is 5.54 Å². The van der Waals surface area contributed by atoms with Gasteiger partial charge in [0.25, 0.3) is 0 Å². The van der Waals surface area contributed by atoms with Crippen LogP contribution in [0.2, 0.25) is 0 Å². The van der Waals surface area contributed by atoms with Crippen molar-refractivity contribution in [1.82, 2.24) is 20.0 Å². The number of likely N-dealkylation sites (N-methyl/N-ethyl adjacent to an activating group) is 1. The van der Waals surface area contributed by atoms with Gasteiger partial charge in [-0.15, -0.1) is 0 Å². The Balaban J connectivity index is 1.82. The second-order valence-corrected chi connectivity index (χ2v) is 6.31. The molecule has 0 saturated carbocycles. The van der Waals surface area contributed by atoms with Gasteiger partial charge in [0.05, 0.1) is 6.54 Å². The zero-order chi connectivity index (χ0) is 16.3. The van der Waals surface area contributed by atoms with Crippen LogP contribution in [-0.2, 0) is 19.9 Å². The monoisotopic (exact) mass is 320 g/mol. The molecular formula is C16H24N4O3. The number of rotatable bonds is 3. The van der Waals surface area contributed by atoms with Crippen LogP contribution in [0.5, 0.6) is 0 Å². The summed E-state index contributed by atoms with van der Waals surface area (Å²) in [5, 5.41) is 7.03. The lowest BCUT2D eigenvalue weighted by atomic mass is 9.86. The van der Waals surface area contributed by atoms with E-state index in [0.717, 1.165) is 19.3 Å². The predicted octanol–water partition coefficient (Wildman–Crippen LogP) is 0.373. The van der Waals surface area contributed by atoms with Crippen LogP contribution in [0.3, 0.4) is 0 Å². The molecule has 1 atom stereocenters. The first-order valence-corrected chi connectivity index (χ1v) is 8.26. The molecule has 2 fully saturated rings. The Hall–Kier alpha value is -1.89. The van der Waals surface area contributed by atoms with Gasteiger partial charge in [-0.2, -0.15) is 5.10 Å². The fourth-order valence-electron chi connectivity index (χ4n) is 3.66. The van der Waals surface area contributed by atoms with E-state index in [4.69, 9.17) is 4.74 Å². The third-order valence-electron chi connectivity index (χ3n) is 4.95. The van der Waals surface area contributed by atoms with Crippen molar-refractivity contribution in [3.05, 3.63) is 18.5 Å². The average molecular weight is 320 g/mol. The van der Waals surface area contributed by atoms with Gasteiger partial charge in [0.2, 0.25) is 11.8 Å². The fraction of sp³-hybridized carbons (Fsp3) is 0.688. The predicted molar refractivity (Wildman–Crippen MR) is 83.6 cm³/mol. The Morgan fingerprint density at radius 2 is 2.13 bits per heavy atom. The summed E-state index contributed by atoms with van der Waals surface area (Å²) in [6.07, 6.45) is 6.49. The Bertz CT molecular complexity index is 554. The molecular weight excluding hydrogens is 296 g/mol. The third kappa shape index (κ3) is 2.97. The summed E-state index contributed by atoms with van der Waals surface area (Å²) in [6, 6.07) is 1.81. The lowest BCUT2D eigenvalue weighted by Crippen LogP contribution is -2.59. The largest absolute Gasteiger partial charge is 0.381 e. The highest BCUT2D eigenvalue weighted by molar-refractivity contribution is 5.86. The second kappa shape index (κ2) is 6.70. The second-order valence-electron chi connectivity index (χ2n) is 6.31. The number of amides is 2. The normalized spacial score (nSPS) is 26.0. The number of piperidine rings is 1. The van der Waals surface area contributed by atoms with Gasteiger partial charge in [0.1, 0.15) is 0 Å². The van der Waals surface area contributed by atoms with Crippen LogP contribution in [0.15, 0.2) is 18.5 Å². The number of nitrogens with one attached hydrogen (secondary N) is 1. The summed E-state index contributed by atoms with van der Waals surface area (Å²) < 4.78 is 7.05. The number of carbonyl (C=O) groups excluding carboxylic acids is 2. The summed E-state index contributed by atoms with van der Waals surface area (Å²) in [5.74, 6) is 0.0703. The molecule has 0 aliphatic carbocycles. The molecule has 0 spiro atoms. The number of nitrogens with zero attached hydrogens (tertiary/aromatic N) is 3. The molecule has 1 N–H and O–H groups in total. The molecule has 7 nitrogen and oxygen atoms in total. The number of ether oxygens (including phenoxy) is 1. The van der Waals surface area contributed by atoms with Gasteiger partial charge in [0, 0.05) is 45.1 Å². The van der Waals surface area contributed by atoms with Crippen molar-refractivity contribution in [1.29, 1.82) is 0 Å². The smallest absolute Gasteiger partial charge is 0.249 e. The summed E-state index contributed by atoms with van der Waals surface area (Å²) in [7, 11) is 1.63. The maximum Gasteiger partial charge on any atom is 0.249 e. The molecule has 2 saturated heterocycles. The Morgan fingerprint density at radius 1 is 1.35 bits per heavy atom. The summed E-state index contributed by atoms with van der Waals surface area (Å²) in [5.41, 5.74) is -0.808. The minimum atomic E-state index is -0.808. The van der Waals surface area contributed by atoms with Crippen molar-refractivity contribution in [3.8, 4) is 0 Å². The van der Waals surface area contributed by atoms with Crippen molar-refractivity contribution >= 4 is 11.8 Å². The number of aromatic nitrogens is 2. The van der Waals surface area contributed by atoms with E-state index >= 15 is 0 Å². The molecule has 1 aromatic heterocycles. The number of carbonyl (C=O) groups is 2. The molecule has 1 aromatic rings. The average Bonchev–Trinajstić information content (AvgIpc) is 3.16. The lowest BCUT2D eigenvalue weighted by Gasteiger charge is -2.42. The first-order valence-electron chi connectivity index (χ1n) is 8.26. The molecule has 126 valence electrons. The van der Waals surface area contributed by atoms with Gasteiger partial charge in [-0.3, -0.25) is 14.3 Å². The van der Waals surface area contributed by atoms with Crippen molar-refractivity contribution in [2.24, 2.45) is 5.92 Å². The Kier molecular flexibility index (Phi) is 4.66. The van der Waals surface area contributed by atoms with Crippen LogP contribution < -0.4 is 5.32 Å². The van der Waals surface area contributed by atoms with E-state index in [1.165, 1.54) is 0 Å². The number of hydrogen-bond acceptors (Lipinski definition) is 4. The highest BCUT2D eigenvalue weighted by Gasteiger charge is 2.46. The first kappa shape index (κ1) is 16.0. The highest BCUT2D eigenvalue weighted by Crippen LogP contribution is 2.30. The quantitative estimate of drug-likeness (QED) is 0.873. The van der Waals surface area contributed by atoms with Gasteiger partial charge in [-0.1, -0.05) is 0 Å². The van der Waals surface area contributed by atoms with E-state index in [9.17, 15) is 9.59 Å². The lowest BCUT2D eigenvalue weighted by molar-refractivity contribution is -0.145. The molecule has 23 heavy (non-hydrogen) atoms.